The molecule has 0 fully saturated rings. The third-order valence-corrected chi connectivity index (χ3v) is 4.59. The smallest absolute Gasteiger partial charge is 0.274 e. The zero-order chi connectivity index (χ0) is 19.9. The number of anilines is 4. The quantitative estimate of drug-likeness (QED) is 0.549. The van der Waals surface area contributed by atoms with Gasteiger partial charge in [-0.3, -0.25) is 9.78 Å². The second-order valence-corrected chi connectivity index (χ2v) is 6.67. The third kappa shape index (κ3) is 5.02. The van der Waals surface area contributed by atoms with Crippen LogP contribution in [0.5, 0.6) is 0 Å². The molecule has 0 unspecified atom stereocenters. The van der Waals surface area contributed by atoms with E-state index in [0.29, 0.717) is 16.4 Å². The molecule has 0 aliphatic carbocycles. The number of pyridine rings is 1. The van der Waals surface area contributed by atoms with E-state index in [0.717, 1.165) is 24.5 Å². The van der Waals surface area contributed by atoms with Crippen LogP contribution in [0.1, 0.15) is 24.3 Å². The minimum absolute atomic E-state index is 0.289. The zero-order valence-corrected chi connectivity index (χ0v) is 16.7. The largest absolute Gasteiger partial charge is 0.372 e. The molecule has 1 aromatic heterocycles. The molecule has 0 radical (unpaired) electrons. The third-order valence-electron chi connectivity index (χ3n) is 4.36. The molecule has 0 aliphatic heterocycles. The molecule has 0 atom stereocenters. The maximum absolute atomic E-state index is 12.5. The summed E-state index contributed by atoms with van der Waals surface area (Å²) in [6.07, 6.45) is 1.61. The Balaban J connectivity index is 1.70. The average Bonchev–Trinajstić information content (AvgIpc) is 2.70. The van der Waals surface area contributed by atoms with E-state index >= 15 is 0 Å². The summed E-state index contributed by atoms with van der Waals surface area (Å²) in [7, 11) is 0. The number of nitrogens with zero attached hydrogens (tertiary/aromatic N) is 2. The summed E-state index contributed by atoms with van der Waals surface area (Å²) in [5.41, 5.74) is 3.88. The van der Waals surface area contributed by atoms with E-state index in [9.17, 15) is 4.79 Å². The summed E-state index contributed by atoms with van der Waals surface area (Å²) in [5.74, 6) is -0.289. The molecule has 2 N–H and O–H groups in total. The first kappa shape index (κ1) is 19.7. The number of aromatic nitrogens is 1. The Morgan fingerprint density at radius 2 is 1.71 bits per heavy atom. The highest BCUT2D eigenvalue weighted by molar-refractivity contribution is 6.30. The molecule has 0 aliphatic rings. The van der Waals surface area contributed by atoms with E-state index in [2.05, 4.69) is 46.5 Å². The van der Waals surface area contributed by atoms with Gasteiger partial charge < -0.3 is 15.5 Å². The number of hydrogen-bond donors (Lipinski definition) is 2. The Hall–Kier alpha value is -3.05. The van der Waals surface area contributed by atoms with Crippen LogP contribution in [0.3, 0.4) is 0 Å². The van der Waals surface area contributed by atoms with Gasteiger partial charge in [-0.25, -0.2) is 0 Å². The summed E-state index contributed by atoms with van der Waals surface area (Å²) in [6.45, 7) is 6.22. The Kier molecular flexibility index (Phi) is 6.50. The van der Waals surface area contributed by atoms with Crippen molar-refractivity contribution in [3.8, 4) is 0 Å². The van der Waals surface area contributed by atoms with Gasteiger partial charge in [-0.1, -0.05) is 17.7 Å². The summed E-state index contributed by atoms with van der Waals surface area (Å²) in [6, 6.07) is 18.8. The van der Waals surface area contributed by atoms with E-state index in [1.807, 2.05) is 18.2 Å². The van der Waals surface area contributed by atoms with Crippen LogP contribution in [-0.2, 0) is 0 Å². The molecule has 0 saturated heterocycles. The minimum Gasteiger partial charge on any atom is -0.372 e. The molecule has 2 aromatic carbocycles. The summed E-state index contributed by atoms with van der Waals surface area (Å²) in [4.78, 5) is 18.9. The fourth-order valence-electron chi connectivity index (χ4n) is 2.90. The Labute approximate surface area is 170 Å². The SMILES string of the molecule is CCN(CC)c1ccc(Nc2ccnc(C(=O)Nc3cccc(Cl)c3)c2)cc1. The fourth-order valence-corrected chi connectivity index (χ4v) is 3.10. The van der Waals surface area contributed by atoms with Crippen molar-refractivity contribution in [3.05, 3.63) is 77.6 Å². The lowest BCUT2D eigenvalue weighted by Crippen LogP contribution is -2.21. The molecule has 5 nitrogen and oxygen atoms in total. The fraction of sp³-hybridized carbons (Fsp3) is 0.182. The lowest BCUT2D eigenvalue weighted by molar-refractivity contribution is 0.102. The zero-order valence-electron chi connectivity index (χ0n) is 15.9. The molecule has 3 rings (SSSR count). The second-order valence-electron chi connectivity index (χ2n) is 6.24. The van der Waals surface area contributed by atoms with Crippen LogP contribution in [0.25, 0.3) is 0 Å². The maximum Gasteiger partial charge on any atom is 0.274 e. The lowest BCUT2D eigenvalue weighted by atomic mass is 10.2. The Morgan fingerprint density at radius 1 is 0.964 bits per heavy atom. The van der Waals surface area contributed by atoms with Crippen molar-refractivity contribution < 1.29 is 4.79 Å². The molecule has 0 spiro atoms. The van der Waals surface area contributed by atoms with Crippen molar-refractivity contribution in [2.24, 2.45) is 0 Å². The molecule has 0 bridgehead atoms. The lowest BCUT2D eigenvalue weighted by Gasteiger charge is -2.21. The number of nitrogens with one attached hydrogen (secondary N) is 2. The van der Waals surface area contributed by atoms with Crippen molar-refractivity contribution in [2.45, 2.75) is 13.8 Å². The van der Waals surface area contributed by atoms with Crippen molar-refractivity contribution in [3.63, 3.8) is 0 Å². The highest BCUT2D eigenvalue weighted by atomic mass is 35.5. The van der Waals surface area contributed by atoms with Crippen molar-refractivity contribution >= 4 is 40.3 Å². The van der Waals surface area contributed by atoms with Gasteiger partial charge in [0.15, 0.2) is 0 Å². The number of hydrogen-bond acceptors (Lipinski definition) is 4. The van der Waals surface area contributed by atoms with Gasteiger partial charge in [0.25, 0.3) is 5.91 Å². The first-order valence-electron chi connectivity index (χ1n) is 9.24. The van der Waals surface area contributed by atoms with Crippen LogP contribution >= 0.6 is 11.6 Å². The van der Waals surface area contributed by atoms with Crippen LogP contribution < -0.4 is 15.5 Å². The number of amides is 1. The Morgan fingerprint density at radius 3 is 2.39 bits per heavy atom. The molecule has 6 heteroatoms. The Bertz CT molecular complexity index is 939. The molecule has 1 heterocycles. The molecule has 0 saturated carbocycles. The average molecular weight is 395 g/mol. The topological polar surface area (TPSA) is 57.3 Å². The van der Waals surface area contributed by atoms with Crippen molar-refractivity contribution in [1.29, 1.82) is 0 Å². The summed E-state index contributed by atoms with van der Waals surface area (Å²) >= 11 is 5.96. The van der Waals surface area contributed by atoms with E-state index in [4.69, 9.17) is 11.6 Å². The standard InChI is InChI=1S/C22H23ClN4O/c1-3-27(4-2)20-10-8-17(9-11-20)25-19-12-13-24-21(15-19)22(28)26-18-7-5-6-16(23)14-18/h5-15H,3-4H2,1-2H3,(H,24,25)(H,26,28). The van der Waals surface area contributed by atoms with Crippen LogP contribution in [0, 0.1) is 0 Å². The number of benzene rings is 2. The van der Waals surface area contributed by atoms with Gasteiger partial charge >= 0.3 is 0 Å². The van der Waals surface area contributed by atoms with Gasteiger partial charge in [0.2, 0.25) is 0 Å². The number of carbonyl (C=O) groups excluding carboxylic acids is 1. The van der Waals surface area contributed by atoms with E-state index in [1.165, 1.54) is 5.69 Å². The molecular weight excluding hydrogens is 372 g/mol. The van der Waals surface area contributed by atoms with Crippen molar-refractivity contribution in [2.75, 3.05) is 28.6 Å². The highest BCUT2D eigenvalue weighted by Gasteiger charge is 2.09. The van der Waals surface area contributed by atoms with Gasteiger partial charge in [-0.05, 0) is 68.4 Å². The molecule has 28 heavy (non-hydrogen) atoms. The van der Waals surface area contributed by atoms with Crippen LogP contribution in [-0.4, -0.2) is 24.0 Å². The van der Waals surface area contributed by atoms with Gasteiger partial charge in [-0.2, -0.15) is 0 Å². The predicted molar refractivity (Wildman–Crippen MR) is 117 cm³/mol. The molecule has 3 aromatic rings. The normalized spacial score (nSPS) is 10.4. The van der Waals surface area contributed by atoms with Gasteiger partial charge in [-0.15, -0.1) is 0 Å². The molecular formula is C22H23ClN4O. The van der Waals surface area contributed by atoms with E-state index in [1.54, 1.807) is 36.5 Å². The molecule has 1 amide bonds. The van der Waals surface area contributed by atoms with Crippen LogP contribution in [0.2, 0.25) is 5.02 Å². The maximum atomic E-state index is 12.5. The second kappa shape index (κ2) is 9.24. The summed E-state index contributed by atoms with van der Waals surface area (Å²) in [5, 5.41) is 6.68. The number of rotatable bonds is 7. The van der Waals surface area contributed by atoms with E-state index < -0.39 is 0 Å². The minimum atomic E-state index is -0.289. The van der Waals surface area contributed by atoms with Gasteiger partial charge in [0, 0.05) is 47.1 Å². The summed E-state index contributed by atoms with van der Waals surface area (Å²) < 4.78 is 0. The number of halogens is 1. The first-order chi connectivity index (χ1) is 13.6. The van der Waals surface area contributed by atoms with Crippen molar-refractivity contribution in [1.82, 2.24) is 4.98 Å². The van der Waals surface area contributed by atoms with Crippen LogP contribution in [0.15, 0.2) is 66.9 Å². The molecule has 144 valence electrons. The van der Waals surface area contributed by atoms with Crippen LogP contribution in [0.4, 0.5) is 22.7 Å². The van der Waals surface area contributed by atoms with Gasteiger partial charge in [0.05, 0.1) is 0 Å². The predicted octanol–water partition coefficient (Wildman–Crippen LogP) is 5.58. The highest BCUT2D eigenvalue weighted by Crippen LogP contribution is 2.22. The monoisotopic (exact) mass is 394 g/mol. The van der Waals surface area contributed by atoms with E-state index in [-0.39, 0.29) is 5.91 Å². The first-order valence-corrected chi connectivity index (χ1v) is 9.62. The van der Waals surface area contributed by atoms with Gasteiger partial charge in [0.1, 0.15) is 5.69 Å². The number of carbonyl (C=O) groups is 1.